The summed E-state index contributed by atoms with van der Waals surface area (Å²) < 4.78 is 5.71. The fraction of sp³-hybridized carbons (Fsp3) is 0.654. The van der Waals surface area contributed by atoms with E-state index in [4.69, 9.17) is 15.6 Å². The Morgan fingerprint density at radius 3 is 2.33 bits per heavy atom. The highest BCUT2D eigenvalue weighted by molar-refractivity contribution is 5.90. The quantitative estimate of drug-likeness (QED) is 0.248. The average molecular weight is 507 g/mol. The first-order valence-corrected chi connectivity index (χ1v) is 12.7. The Labute approximate surface area is 213 Å². The van der Waals surface area contributed by atoms with Crippen molar-refractivity contribution in [2.45, 2.75) is 97.4 Å². The second kappa shape index (κ2) is 15.9. The molecule has 1 aromatic heterocycles. The average Bonchev–Trinajstić information content (AvgIpc) is 2.85. The Morgan fingerprint density at radius 1 is 1.08 bits per heavy atom. The van der Waals surface area contributed by atoms with Crippen molar-refractivity contribution < 1.29 is 29.0 Å². The maximum Gasteiger partial charge on any atom is 0.325 e. The first-order chi connectivity index (χ1) is 17.0. The molecule has 1 aromatic rings. The molecule has 0 radical (unpaired) electrons. The van der Waals surface area contributed by atoms with Crippen LogP contribution in [0.15, 0.2) is 24.4 Å². The smallest absolute Gasteiger partial charge is 0.325 e. The van der Waals surface area contributed by atoms with E-state index in [0.29, 0.717) is 12.1 Å². The number of carbonyl (C=O) groups is 4. The van der Waals surface area contributed by atoms with Crippen LogP contribution in [0.2, 0.25) is 0 Å². The summed E-state index contributed by atoms with van der Waals surface area (Å²) in [6.07, 6.45) is 4.11. The number of hydrogen-bond acceptors (Lipinski definition) is 7. The van der Waals surface area contributed by atoms with Gasteiger partial charge in [-0.3, -0.25) is 24.2 Å². The maximum atomic E-state index is 13.0. The maximum absolute atomic E-state index is 13.0. The first-order valence-electron chi connectivity index (χ1n) is 12.7. The Bertz CT molecular complexity index is 850. The molecular formula is C26H42N4O6. The molecular weight excluding hydrogens is 464 g/mol. The van der Waals surface area contributed by atoms with Crippen LogP contribution in [-0.4, -0.2) is 58.1 Å². The van der Waals surface area contributed by atoms with E-state index in [1.54, 1.807) is 24.4 Å². The summed E-state index contributed by atoms with van der Waals surface area (Å²) in [5, 5.41) is 14.2. The van der Waals surface area contributed by atoms with Gasteiger partial charge in [0.1, 0.15) is 24.2 Å². The fourth-order valence-corrected chi connectivity index (χ4v) is 3.53. The van der Waals surface area contributed by atoms with Gasteiger partial charge in [-0.25, -0.2) is 0 Å². The lowest BCUT2D eigenvalue weighted by Gasteiger charge is -2.27. The second-order valence-corrected chi connectivity index (χ2v) is 9.42. The first kappa shape index (κ1) is 31.0. The molecule has 0 aliphatic rings. The van der Waals surface area contributed by atoms with Gasteiger partial charge < -0.3 is 26.2 Å². The molecule has 5 N–H and O–H groups in total. The normalized spacial score (nSPS) is 16.1. The minimum atomic E-state index is -1.19. The van der Waals surface area contributed by atoms with Crippen molar-refractivity contribution in [2.75, 3.05) is 0 Å². The number of carbonyl (C=O) groups excluding carboxylic acids is 3. The lowest BCUT2D eigenvalue weighted by Crippen LogP contribution is -2.52. The molecule has 0 fully saturated rings. The van der Waals surface area contributed by atoms with Gasteiger partial charge >= 0.3 is 11.9 Å². The van der Waals surface area contributed by atoms with Gasteiger partial charge in [0.05, 0.1) is 6.42 Å². The van der Waals surface area contributed by atoms with Gasteiger partial charge in [-0.2, -0.15) is 0 Å². The number of aromatic nitrogens is 1. The van der Waals surface area contributed by atoms with E-state index in [1.807, 2.05) is 20.8 Å². The Morgan fingerprint density at radius 2 is 1.78 bits per heavy atom. The number of nitrogens with two attached hydrogens (primary N) is 1. The Hall–Kier alpha value is -3.01. The number of ether oxygens (including phenoxy) is 1. The monoisotopic (exact) mass is 506 g/mol. The van der Waals surface area contributed by atoms with E-state index >= 15 is 0 Å². The molecule has 0 aliphatic heterocycles. The van der Waals surface area contributed by atoms with Crippen LogP contribution in [0.1, 0.15) is 72.4 Å². The van der Waals surface area contributed by atoms with Crippen LogP contribution >= 0.6 is 0 Å². The number of esters is 1. The van der Waals surface area contributed by atoms with Crippen LogP contribution in [-0.2, 0) is 30.3 Å². The molecule has 0 spiro atoms. The summed E-state index contributed by atoms with van der Waals surface area (Å²) in [6.45, 7) is 9.11. The second-order valence-electron chi connectivity index (χ2n) is 9.42. The standard InChI is InChI=1S/C26H42N4O6/c1-6-8-11-17(4)21(36-26(35)23(27)16(3)7-2)15-22(31)30-20(14-19-12-9-10-13-28-19)24(32)29-18(5)25(33)34/h9-10,12-13,16-18,20-21,23H,6-8,11,14-15,27H2,1-5H3,(H,29,32)(H,30,31)(H,33,34)/t16-,17-,18-,20-,21-,23+/m0/s1. The van der Waals surface area contributed by atoms with Gasteiger partial charge in [-0.15, -0.1) is 0 Å². The molecule has 10 heteroatoms. The molecule has 0 saturated carbocycles. The number of carboxylic acids is 1. The van der Waals surface area contributed by atoms with E-state index in [2.05, 4.69) is 22.5 Å². The van der Waals surface area contributed by atoms with Gasteiger partial charge in [-0.1, -0.05) is 53.0 Å². The molecule has 0 saturated heterocycles. The van der Waals surface area contributed by atoms with E-state index in [1.165, 1.54) is 6.92 Å². The zero-order valence-corrected chi connectivity index (χ0v) is 22.0. The predicted molar refractivity (Wildman–Crippen MR) is 136 cm³/mol. The minimum absolute atomic E-state index is 0.0689. The van der Waals surface area contributed by atoms with Crippen molar-refractivity contribution in [3.05, 3.63) is 30.1 Å². The summed E-state index contributed by atoms with van der Waals surface area (Å²) in [4.78, 5) is 53.9. The molecule has 2 amide bonds. The van der Waals surface area contributed by atoms with Crippen LogP contribution in [0.25, 0.3) is 0 Å². The molecule has 0 unspecified atom stereocenters. The summed E-state index contributed by atoms with van der Waals surface area (Å²) >= 11 is 0. The summed E-state index contributed by atoms with van der Waals surface area (Å²) in [5.41, 5.74) is 6.60. The van der Waals surface area contributed by atoms with Crippen molar-refractivity contribution in [2.24, 2.45) is 17.6 Å². The number of rotatable bonds is 16. The van der Waals surface area contributed by atoms with Crippen LogP contribution in [0.3, 0.4) is 0 Å². The van der Waals surface area contributed by atoms with E-state index in [0.717, 1.165) is 19.3 Å². The number of nitrogens with zero attached hydrogens (tertiary/aromatic N) is 1. The van der Waals surface area contributed by atoms with Crippen LogP contribution in [0.4, 0.5) is 0 Å². The minimum Gasteiger partial charge on any atom is -0.480 e. The zero-order valence-electron chi connectivity index (χ0n) is 22.0. The molecule has 1 heterocycles. The van der Waals surface area contributed by atoms with Crippen molar-refractivity contribution in [3.63, 3.8) is 0 Å². The highest BCUT2D eigenvalue weighted by Crippen LogP contribution is 2.20. The Balaban J connectivity index is 3.02. The van der Waals surface area contributed by atoms with Gasteiger partial charge in [0, 0.05) is 18.3 Å². The number of pyridine rings is 1. The highest BCUT2D eigenvalue weighted by atomic mass is 16.5. The zero-order chi connectivity index (χ0) is 27.3. The molecule has 202 valence electrons. The molecule has 36 heavy (non-hydrogen) atoms. The molecule has 10 nitrogen and oxygen atoms in total. The van der Waals surface area contributed by atoms with Gasteiger partial charge in [0.2, 0.25) is 11.8 Å². The number of nitrogens with one attached hydrogen (secondary N) is 2. The van der Waals surface area contributed by atoms with Gasteiger partial charge in [-0.05, 0) is 37.3 Å². The lowest BCUT2D eigenvalue weighted by atomic mass is 9.94. The topological polar surface area (TPSA) is 161 Å². The van der Waals surface area contributed by atoms with Gasteiger partial charge in [0.25, 0.3) is 0 Å². The third kappa shape index (κ3) is 10.7. The van der Waals surface area contributed by atoms with Crippen LogP contribution in [0.5, 0.6) is 0 Å². The number of hydrogen-bond donors (Lipinski definition) is 4. The van der Waals surface area contributed by atoms with E-state index < -0.39 is 48.0 Å². The number of amides is 2. The van der Waals surface area contributed by atoms with Crippen LogP contribution < -0.4 is 16.4 Å². The molecule has 6 atom stereocenters. The largest absolute Gasteiger partial charge is 0.480 e. The third-order valence-electron chi connectivity index (χ3n) is 6.35. The number of carboxylic acid groups (broad SMARTS) is 1. The predicted octanol–water partition coefficient (Wildman–Crippen LogP) is 2.20. The Kier molecular flexibility index (Phi) is 13.7. The molecule has 1 rings (SSSR count). The molecule has 0 bridgehead atoms. The van der Waals surface area contributed by atoms with Gasteiger partial charge in [0.15, 0.2) is 0 Å². The third-order valence-corrected chi connectivity index (χ3v) is 6.35. The van der Waals surface area contributed by atoms with Crippen molar-refractivity contribution >= 4 is 23.8 Å². The fourth-order valence-electron chi connectivity index (χ4n) is 3.53. The summed E-state index contributed by atoms with van der Waals surface area (Å²) in [6, 6.07) is 2.21. The van der Waals surface area contributed by atoms with Crippen molar-refractivity contribution in [3.8, 4) is 0 Å². The number of unbranched alkanes of at least 4 members (excludes halogenated alkanes) is 1. The van der Waals surface area contributed by atoms with Crippen LogP contribution in [0, 0.1) is 11.8 Å². The van der Waals surface area contributed by atoms with Crippen molar-refractivity contribution in [1.82, 2.24) is 15.6 Å². The SMILES string of the molecule is CCCC[C@H](C)[C@H](CC(=O)N[C@@H](Cc1ccccn1)C(=O)N[C@@H](C)C(=O)O)OC(=O)[C@H](N)[C@@H](C)CC. The van der Waals surface area contributed by atoms with E-state index in [-0.39, 0.29) is 24.7 Å². The van der Waals surface area contributed by atoms with Crippen molar-refractivity contribution in [1.29, 1.82) is 0 Å². The molecule has 0 aliphatic carbocycles. The highest BCUT2D eigenvalue weighted by Gasteiger charge is 2.31. The summed E-state index contributed by atoms with van der Waals surface area (Å²) in [5.74, 6) is -3.05. The lowest BCUT2D eigenvalue weighted by molar-refractivity contribution is -0.156. The molecule has 0 aromatic carbocycles. The summed E-state index contributed by atoms with van der Waals surface area (Å²) in [7, 11) is 0. The number of aliphatic carboxylic acids is 1. The van der Waals surface area contributed by atoms with E-state index in [9.17, 15) is 19.2 Å².